The van der Waals surface area contributed by atoms with Gasteiger partial charge in [-0.05, 0) is 49.9 Å². The smallest absolute Gasteiger partial charge is 0.227 e. The molecule has 2 aliphatic rings. The Hall–Kier alpha value is -1.55. The summed E-state index contributed by atoms with van der Waals surface area (Å²) in [6.07, 6.45) is 4.72. The molecule has 1 saturated heterocycles. The lowest BCUT2D eigenvalue weighted by Gasteiger charge is -2.12. The van der Waals surface area contributed by atoms with Gasteiger partial charge in [-0.1, -0.05) is 0 Å². The number of hydrogen-bond donors (Lipinski definition) is 2. The van der Waals surface area contributed by atoms with Gasteiger partial charge in [-0.25, -0.2) is 0 Å². The first-order valence-electron chi connectivity index (χ1n) is 7.08. The number of amides is 1. The first-order chi connectivity index (χ1) is 9.31. The van der Waals surface area contributed by atoms with E-state index in [1.54, 1.807) is 0 Å². The van der Waals surface area contributed by atoms with Crippen LogP contribution >= 0.6 is 0 Å². The van der Waals surface area contributed by atoms with Gasteiger partial charge in [-0.3, -0.25) is 4.79 Å². The molecule has 1 aliphatic carbocycles. The Morgan fingerprint density at radius 2 is 1.89 bits per heavy atom. The third-order valence-electron chi connectivity index (χ3n) is 3.66. The first kappa shape index (κ1) is 12.5. The van der Waals surface area contributed by atoms with Gasteiger partial charge in [0.05, 0.1) is 6.10 Å². The van der Waals surface area contributed by atoms with E-state index in [9.17, 15) is 4.79 Å². The molecule has 1 saturated carbocycles. The predicted molar refractivity (Wildman–Crippen MR) is 75.3 cm³/mol. The molecule has 3 rings (SSSR count). The fourth-order valence-electron chi connectivity index (χ4n) is 2.30. The lowest BCUT2D eigenvalue weighted by molar-refractivity contribution is -0.117. The number of hydrogen-bond acceptors (Lipinski definition) is 3. The van der Waals surface area contributed by atoms with Gasteiger partial charge in [0.1, 0.15) is 0 Å². The number of rotatable bonds is 5. The second kappa shape index (κ2) is 5.61. The normalized spacial score (nSPS) is 22.2. The van der Waals surface area contributed by atoms with Gasteiger partial charge < -0.3 is 15.4 Å². The SMILES string of the molecule is O=C(Nc1ccc(NCC2CCCO2)cc1)C1CC1. The minimum absolute atomic E-state index is 0.153. The average molecular weight is 260 g/mol. The average Bonchev–Trinajstić information content (AvgIpc) is 3.16. The van der Waals surface area contributed by atoms with Crippen LogP contribution in [0.15, 0.2) is 24.3 Å². The standard InChI is InChI=1S/C15H20N2O2/c18-15(11-3-4-11)17-13-7-5-12(6-8-13)16-10-14-2-1-9-19-14/h5-8,11,14,16H,1-4,9-10H2,(H,17,18). The molecule has 0 aromatic heterocycles. The van der Waals surface area contributed by atoms with Gasteiger partial charge in [-0.15, -0.1) is 0 Å². The Morgan fingerprint density at radius 1 is 1.16 bits per heavy atom. The van der Waals surface area contributed by atoms with Gasteiger partial charge in [0.2, 0.25) is 5.91 Å². The van der Waals surface area contributed by atoms with Crippen LogP contribution < -0.4 is 10.6 Å². The molecule has 1 atom stereocenters. The Morgan fingerprint density at radius 3 is 2.53 bits per heavy atom. The van der Waals surface area contributed by atoms with E-state index in [0.717, 1.165) is 43.8 Å². The molecule has 1 aliphatic heterocycles. The molecule has 102 valence electrons. The fraction of sp³-hybridized carbons (Fsp3) is 0.533. The minimum atomic E-state index is 0.153. The highest BCUT2D eigenvalue weighted by atomic mass is 16.5. The quantitative estimate of drug-likeness (QED) is 0.855. The van der Waals surface area contributed by atoms with Crippen molar-refractivity contribution in [3.8, 4) is 0 Å². The molecule has 4 nitrogen and oxygen atoms in total. The van der Waals surface area contributed by atoms with Crippen molar-refractivity contribution in [2.24, 2.45) is 5.92 Å². The van der Waals surface area contributed by atoms with E-state index in [1.165, 1.54) is 6.42 Å². The summed E-state index contributed by atoms with van der Waals surface area (Å²) in [6.45, 7) is 1.74. The molecule has 1 unspecified atom stereocenters. The number of nitrogens with one attached hydrogen (secondary N) is 2. The van der Waals surface area contributed by atoms with Gasteiger partial charge in [0.15, 0.2) is 0 Å². The molecule has 2 N–H and O–H groups in total. The maximum Gasteiger partial charge on any atom is 0.227 e. The summed E-state index contributed by atoms with van der Waals surface area (Å²) in [4.78, 5) is 11.6. The zero-order valence-electron chi connectivity index (χ0n) is 11.0. The van der Waals surface area contributed by atoms with Crippen LogP contribution in [-0.2, 0) is 9.53 Å². The number of ether oxygens (including phenoxy) is 1. The summed E-state index contributed by atoms with van der Waals surface area (Å²) >= 11 is 0. The molecular weight excluding hydrogens is 240 g/mol. The third-order valence-corrected chi connectivity index (χ3v) is 3.66. The predicted octanol–water partition coefficient (Wildman–Crippen LogP) is 2.63. The molecule has 0 spiro atoms. The Bertz CT molecular complexity index is 434. The van der Waals surface area contributed by atoms with Crippen molar-refractivity contribution >= 4 is 17.3 Å². The van der Waals surface area contributed by atoms with Crippen molar-refractivity contribution in [3.63, 3.8) is 0 Å². The maximum absolute atomic E-state index is 11.6. The van der Waals surface area contributed by atoms with Crippen LogP contribution in [-0.4, -0.2) is 25.2 Å². The molecule has 0 radical (unpaired) electrons. The van der Waals surface area contributed by atoms with Gasteiger partial charge >= 0.3 is 0 Å². The summed E-state index contributed by atoms with van der Waals surface area (Å²) in [5, 5.41) is 6.30. The van der Waals surface area contributed by atoms with Gasteiger partial charge in [-0.2, -0.15) is 0 Å². The van der Waals surface area contributed by atoms with Crippen molar-refractivity contribution in [1.82, 2.24) is 0 Å². The molecular formula is C15H20N2O2. The van der Waals surface area contributed by atoms with Crippen LogP contribution in [0.4, 0.5) is 11.4 Å². The van der Waals surface area contributed by atoms with Crippen LogP contribution in [0.3, 0.4) is 0 Å². The first-order valence-corrected chi connectivity index (χ1v) is 7.08. The number of anilines is 2. The number of benzene rings is 1. The number of carbonyl (C=O) groups is 1. The van der Waals surface area contributed by atoms with E-state index >= 15 is 0 Å². The largest absolute Gasteiger partial charge is 0.382 e. The van der Waals surface area contributed by atoms with E-state index in [4.69, 9.17) is 4.74 Å². The van der Waals surface area contributed by atoms with Crippen molar-refractivity contribution in [2.45, 2.75) is 31.8 Å². The topological polar surface area (TPSA) is 50.4 Å². The van der Waals surface area contributed by atoms with E-state index in [-0.39, 0.29) is 11.8 Å². The molecule has 0 bridgehead atoms. The van der Waals surface area contributed by atoms with E-state index in [0.29, 0.717) is 6.10 Å². The van der Waals surface area contributed by atoms with Crippen molar-refractivity contribution in [1.29, 1.82) is 0 Å². The highest BCUT2D eigenvalue weighted by molar-refractivity contribution is 5.94. The molecule has 1 aromatic carbocycles. The highest BCUT2D eigenvalue weighted by Gasteiger charge is 2.29. The maximum atomic E-state index is 11.6. The van der Waals surface area contributed by atoms with Crippen LogP contribution in [0, 0.1) is 5.92 Å². The monoisotopic (exact) mass is 260 g/mol. The van der Waals surface area contributed by atoms with Crippen LogP contribution in [0.5, 0.6) is 0 Å². The summed E-state index contributed by atoms with van der Waals surface area (Å²) in [7, 11) is 0. The third kappa shape index (κ3) is 3.47. The summed E-state index contributed by atoms with van der Waals surface area (Å²) in [6, 6.07) is 7.88. The van der Waals surface area contributed by atoms with Crippen LogP contribution in [0.1, 0.15) is 25.7 Å². The molecule has 4 heteroatoms. The number of carbonyl (C=O) groups excluding carboxylic acids is 1. The molecule has 1 heterocycles. The van der Waals surface area contributed by atoms with Crippen molar-refractivity contribution in [3.05, 3.63) is 24.3 Å². The summed E-state index contributed by atoms with van der Waals surface area (Å²) in [5.41, 5.74) is 1.94. The minimum Gasteiger partial charge on any atom is -0.382 e. The lowest BCUT2D eigenvalue weighted by atomic mass is 10.2. The zero-order valence-corrected chi connectivity index (χ0v) is 11.0. The zero-order chi connectivity index (χ0) is 13.1. The van der Waals surface area contributed by atoms with E-state index in [1.807, 2.05) is 24.3 Å². The van der Waals surface area contributed by atoms with Crippen LogP contribution in [0.25, 0.3) is 0 Å². The van der Waals surface area contributed by atoms with E-state index < -0.39 is 0 Å². The fourth-order valence-corrected chi connectivity index (χ4v) is 2.30. The van der Waals surface area contributed by atoms with Crippen molar-refractivity contribution in [2.75, 3.05) is 23.8 Å². The molecule has 1 aromatic rings. The molecule has 2 fully saturated rings. The highest BCUT2D eigenvalue weighted by Crippen LogP contribution is 2.30. The molecule has 1 amide bonds. The van der Waals surface area contributed by atoms with Gasteiger partial charge in [0, 0.05) is 30.4 Å². The lowest BCUT2D eigenvalue weighted by Crippen LogP contribution is -2.18. The van der Waals surface area contributed by atoms with Crippen LogP contribution in [0.2, 0.25) is 0 Å². The van der Waals surface area contributed by atoms with Gasteiger partial charge in [0.25, 0.3) is 0 Å². The van der Waals surface area contributed by atoms with E-state index in [2.05, 4.69) is 10.6 Å². The van der Waals surface area contributed by atoms with Crippen molar-refractivity contribution < 1.29 is 9.53 Å². The molecule has 19 heavy (non-hydrogen) atoms. The second-order valence-corrected chi connectivity index (χ2v) is 5.36. The Balaban J connectivity index is 1.48. The summed E-state index contributed by atoms with van der Waals surface area (Å²) in [5.74, 6) is 0.400. The summed E-state index contributed by atoms with van der Waals surface area (Å²) < 4.78 is 5.56. The second-order valence-electron chi connectivity index (χ2n) is 5.36. The Labute approximate surface area is 113 Å². The Kier molecular flexibility index (Phi) is 3.69.